The molecule has 0 spiro atoms. The van der Waals surface area contributed by atoms with Gasteiger partial charge in [0.15, 0.2) is 0 Å². The first kappa shape index (κ1) is 13.5. The number of anilines is 1. The second-order valence-corrected chi connectivity index (χ2v) is 6.86. The number of halogens is 1. The van der Waals surface area contributed by atoms with Crippen molar-refractivity contribution in [1.29, 1.82) is 0 Å². The minimum absolute atomic E-state index is 0.0779. The zero-order valence-electron chi connectivity index (χ0n) is 9.13. The first-order valence-electron chi connectivity index (χ1n) is 4.91. The molecule has 96 valence electrons. The molecule has 0 saturated carbocycles. The Balaban J connectivity index is 2.15. The number of thiazole rings is 1. The average Bonchev–Trinajstić information content (AvgIpc) is 2.79. The third kappa shape index (κ3) is 3.29. The molecule has 0 radical (unpaired) electrons. The van der Waals surface area contributed by atoms with Gasteiger partial charge in [-0.3, -0.25) is 0 Å². The van der Waals surface area contributed by atoms with Gasteiger partial charge in [-0.1, -0.05) is 0 Å². The van der Waals surface area contributed by atoms with E-state index in [0.717, 1.165) is 10.7 Å². The van der Waals surface area contributed by atoms with Crippen LogP contribution in [0.4, 0.5) is 5.69 Å². The third-order valence-corrected chi connectivity index (χ3v) is 4.53. The summed E-state index contributed by atoms with van der Waals surface area (Å²) in [7, 11) is -3.67. The summed E-state index contributed by atoms with van der Waals surface area (Å²) in [6.07, 6.45) is 1.74. The maximum Gasteiger partial charge on any atom is 0.238 e. The quantitative estimate of drug-likeness (QED) is 0.887. The minimum Gasteiger partial charge on any atom is -0.378 e. The van der Waals surface area contributed by atoms with E-state index in [1.807, 2.05) is 5.38 Å². The number of hydrogen-bond acceptors (Lipinski definition) is 5. The van der Waals surface area contributed by atoms with Gasteiger partial charge in [-0.05, 0) is 34.1 Å². The van der Waals surface area contributed by atoms with Crippen molar-refractivity contribution in [2.24, 2.45) is 5.14 Å². The molecule has 0 amide bonds. The van der Waals surface area contributed by atoms with Crippen LogP contribution >= 0.6 is 27.3 Å². The Bertz CT molecular complexity index is 641. The van der Waals surface area contributed by atoms with Gasteiger partial charge in [0.05, 0.1) is 11.4 Å². The van der Waals surface area contributed by atoms with Crippen LogP contribution < -0.4 is 10.5 Å². The lowest BCUT2D eigenvalue weighted by Gasteiger charge is -2.08. The monoisotopic (exact) mass is 347 g/mol. The van der Waals surface area contributed by atoms with Gasteiger partial charge in [0, 0.05) is 21.7 Å². The maximum absolute atomic E-state index is 11.2. The highest BCUT2D eigenvalue weighted by Crippen LogP contribution is 2.25. The Morgan fingerprint density at radius 1 is 1.44 bits per heavy atom. The Kier molecular flexibility index (Phi) is 4.00. The first-order chi connectivity index (χ1) is 8.47. The number of rotatable bonds is 4. The van der Waals surface area contributed by atoms with Crippen LogP contribution in [-0.4, -0.2) is 13.4 Å². The van der Waals surface area contributed by atoms with Crippen LogP contribution in [0.15, 0.2) is 39.1 Å². The van der Waals surface area contributed by atoms with Gasteiger partial charge < -0.3 is 5.32 Å². The molecule has 0 atom stereocenters. The lowest BCUT2D eigenvalue weighted by molar-refractivity contribution is 0.598. The molecule has 0 aliphatic heterocycles. The molecule has 2 rings (SSSR count). The van der Waals surface area contributed by atoms with Crippen LogP contribution in [0.25, 0.3) is 0 Å². The first-order valence-corrected chi connectivity index (χ1v) is 8.13. The summed E-state index contributed by atoms with van der Waals surface area (Å²) in [5.41, 5.74) is 0.789. The van der Waals surface area contributed by atoms with E-state index in [0.29, 0.717) is 11.0 Å². The van der Waals surface area contributed by atoms with E-state index in [1.165, 1.54) is 12.1 Å². The molecule has 0 fully saturated rings. The fourth-order valence-corrected chi connectivity index (χ4v) is 3.09. The summed E-state index contributed by atoms with van der Waals surface area (Å²) in [5, 5.41) is 11.1. The highest BCUT2D eigenvalue weighted by molar-refractivity contribution is 9.10. The van der Waals surface area contributed by atoms with Crippen molar-refractivity contribution in [3.63, 3.8) is 0 Å². The Morgan fingerprint density at radius 2 is 2.22 bits per heavy atom. The van der Waals surface area contributed by atoms with Crippen LogP contribution in [0.1, 0.15) is 5.01 Å². The Hall–Kier alpha value is -0.960. The van der Waals surface area contributed by atoms with Crippen molar-refractivity contribution in [2.75, 3.05) is 5.32 Å². The number of nitrogens with two attached hydrogens (primary N) is 1. The molecule has 8 heteroatoms. The standard InChI is InChI=1S/C10H10BrN3O2S2/c11-8-5-7(18(12,15)16)1-2-9(8)14-6-10-13-3-4-17-10/h1-5,14H,6H2,(H2,12,15,16). The molecule has 1 heterocycles. The van der Waals surface area contributed by atoms with E-state index in [1.54, 1.807) is 23.6 Å². The van der Waals surface area contributed by atoms with Crippen LogP contribution in [0, 0.1) is 0 Å². The number of hydrogen-bond donors (Lipinski definition) is 2. The molecule has 1 aromatic heterocycles. The molecule has 0 bridgehead atoms. The average molecular weight is 348 g/mol. The molecule has 5 nitrogen and oxygen atoms in total. The molecular formula is C10H10BrN3O2S2. The normalized spacial score (nSPS) is 11.4. The van der Waals surface area contributed by atoms with Gasteiger partial charge >= 0.3 is 0 Å². The fourth-order valence-electron chi connectivity index (χ4n) is 1.33. The number of benzene rings is 1. The largest absolute Gasteiger partial charge is 0.378 e. The Morgan fingerprint density at radius 3 is 2.78 bits per heavy atom. The highest BCUT2D eigenvalue weighted by Gasteiger charge is 2.10. The number of nitrogens with zero attached hydrogens (tertiary/aromatic N) is 1. The van der Waals surface area contributed by atoms with Crippen LogP contribution in [-0.2, 0) is 16.6 Å². The van der Waals surface area contributed by atoms with E-state index in [9.17, 15) is 8.42 Å². The lowest BCUT2D eigenvalue weighted by Crippen LogP contribution is -2.12. The predicted molar refractivity (Wildman–Crippen MR) is 75.0 cm³/mol. The van der Waals surface area contributed by atoms with Crippen molar-refractivity contribution in [1.82, 2.24) is 4.98 Å². The fraction of sp³-hybridized carbons (Fsp3) is 0.100. The maximum atomic E-state index is 11.2. The molecule has 18 heavy (non-hydrogen) atoms. The molecule has 3 N–H and O–H groups in total. The molecular weight excluding hydrogens is 338 g/mol. The van der Waals surface area contributed by atoms with Crippen LogP contribution in [0.5, 0.6) is 0 Å². The SMILES string of the molecule is NS(=O)(=O)c1ccc(NCc2nccs2)c(Br)c1. The van der Waals surface area contributed by atoms with Crippen molar-refractivity contribution in [2.45, 2.75) is 11.4 Å². The van der Waals surface area contributed by atoms with Gasteiger partial charge in [-0.25, -0.2) is 18.5 Å². The van der Waals surface area contributed by atoms with Crippen molar-refractivity contribution >= 4 is 43.0 Å². The van der Waals surface area contributed by atoms with E-state index >= 15 is 0 Å². The lowest BCUT2D eigenvalue weighted by atomic mass is 10.3. The number of sulfonamides is 1. The van der Waals surface area contributed by atoms with Gasteiger partial charge in [0.25, 0.3) is 0 Å². The summed E-state index contributed by atoms with van der Waals surface area (Å²) in [6, 6.07) is 4.60. The molecule has 2 aromatic rings. The molecule has 0 saturated heterocycles. The van der Waals surface area contributed by atoms with E-state index in [-0.39, 0.29) is 4.90 Å². The van der Waals surface area contributed by atoms with E-state index in [4.69, 9.17) is 5.14 Å². The summed E-state index contributed by atoms with van der Waals surface area (Å²) < 4.78 is 23.0. The predicted octanol–water partition coefficient (Wildman–Crippen LogP) is 2.17. The van der Waals surface area contributed by atoms with Crippen molar-refractivity contribution in [3.8, 4) is 0 Å². The highest BCUT2D eigenvalue weighted by atomic mass is 79.9. The van der Waals surface area contributed by atoms with Gasteiger partial charge in [-0.15, -0.1) is 11.3 Å². The summed E-state index contributed by atoms with van der Waals surface area (Å²) >= 11 is 4.86. The number of nitrogens with one attached hydrogen (secondary N) is 1. The van der Waals surface area contributed by atoms with E-state index < -0.39 is 10.0 Å². The van der Waals surface area contributed by atoms with Gasteiger partial charge in [0.1, 0.15) is 5.01 Å². The summed E-state index contributed by atoms with van der Waals surface area (Å²) in [6.45, 7) is 0.588. The number of primary sulfonamides is 1. The van der Waals surface area contributed by atoms with Crippen LogP contribution in [0.3, 0.4) is 0 Å². The third-order valence-electron chi connectivity index (χ3n) is 2.18. The van der Waals surface area contributed by atoms with Crippen LogP contribution in [0.2, 0.25) is 0 Å². The summed E-state index contributed by atoms with van der Waals surface area (Å²) in [4.78, 5) is 4.22. The molecule has 0 aliphatic carbocycles. The topological polar surface area (TPSA) is 85.1 Å². The van der Waals surface area contributed by atoms with Crippen molar-refractivity contribution in [3.05, 3.63) is 39.3 Å². The minimum atomic E-state index is -3.67. The smallest absolute Gasteiger partial charge is 0.238 e. The number of aromatic nitrogens is 1. The van der Waals surface area contributed by atoms with Gasteiger partial charge in [0.2, 0.25) is 10.0 Å². The second kappa shape index (κ2) is 5.35. The van der Waals surface area contributed by atoms with E-state index in [2.05, 4.69) is 26.2 Å². The molecule has 0 aliphatic rings. The molecule has 0 unspecified atom stereocenters. The Labute approximate surface area is 117 Å². The zero-order chi connectivity index (χ0) is 13.2. The zero-order valence-corrected chi connectivity index (χ0v) is 12.3. The van der Waals surface area contributed by atoms with Gasteiger partial charge in [-0.2, -0.15) is 0 Å². The second-order valence-electron chi connectivity index (χ2n) is 3.47. The molecule has 1 aromatic carbocycles. The van der Waals surface area contributed by atoms with Crippen molar-refractivity contribution < 1.29 is 8.42 Å². The summed E-state index contributed by atoms with van der Waals surface area (Å²) in [5.74, 6) is 0.